The molecule has 0 spiro atoms. The predicted octanol–water partition coefficient (Wildman–Crippen LogP) is 1.86. The average molecular weight is 279 g/mol. The zero-order valence-corrected chi connectivity index (χ0v) is 12.5. The number of rotatable bonds is 5. The number of hydrogen-bond acceptors (Lipinski definition) is 3. The summed E-state index contributed by atoms with van der Waals surface area (Å²) in [5, 5.41) is 2.82. The largest absolute Gasteiger partial charge is 0.376 e. The number of ether oxygens (including phenoxy) is 1. The molecule has 0 aromatic heterocycles. The molecule has 0 aromatic rings. The first-order chi connectivity index (χ1) is 7.91. The highest BCUT2D eigenvalue weighted by atomic mass is 35.5. The van der Waals surface area contributed by atoms with Crippen molar-refractivity contribution in [2.75, 3.05) is 13.2 Å². The number of halogens is 1. The maximum absolute atomic E-state index is 11.7. The monoisotopic (exact) mass is 278 g/mol. The molecule has 5 heteroatoms. The molecule has 4 nitrogen and oxygen atoms in total. The third-order valence-electron chi connectivity index (χ3n) is 3.27. The molecule has 0 aliphatic heterocycles. The van der Waals surface area contributed by atoms with Crippen LogP contribution < -0.4 is 11.1 Å². The zero-order chi connectivity index (χ0) is 12.9. The van der Waals surface area contributed by atoms with Gasteiger partial charge in [0.25, 0.3) is 0 Å². The predicted molar refractivity (Wildman–Crippen MR) is 75.9 cm³/mol. The van der Waals surface area contributed by atoms with E-state index in [0.717, 1.165) is 12.8 Å². The maximum atomic E-state index is 11.7. The fourth-order valence-electron chi connectivity index (χ4n) is 1.96. The van der Waals surface area contributed by atoms with Gasteiger partial charge in [0, 0.05) is 6.54 Å². The molecule has 0 bridgehead atoms. The van der Waals surface area contributed by atoms with E-state index in [1.165, 1.54) is 12.8 Å². The number of nitrogens with one attached hydrogen (secondary N) is 1. The van der Waals surface area contributed by atoms with Gasteiger partial charge in [0.15, 0.2) is 0 Å². The highest BCUT2D eigenvalue weighted by Gasteiger charge is 2.27. The lowest BCUT2D eigenvalue weighted by molar-refractivity contribution is -0.124. The van der Waals surface area contributed by atoms with Gasteiger partial charge in [-0.1, -0.05) is 33.6 Å². The van der Waals surface area contributed by atoms with Crippen LogP contribution in [0.5, 0.6) is 0 Å². The topological polar surface area (TPSA) is 64.4 Å². The molecule has 1 fully saturated rings. The summed E-state index contributed by atoms with van der Waals surface area (Å²) in [5.74, 6) is -0.0903. The summed E-state index contributed by atoms with van der Waals surface area (Å²) >= 11 is 0. The lowest BCUT2D eigenvalue weighted by atomic mass is 9.87. The summed E-state index contributed by atoms with van der Waals surface area (Å²) in [6.45, 7) is 7.04. The van der Waals surface area contributed by atoms with Crippen molar-refractivity contribution in [2.24, 2.45) is 11.1 Å². The maximum Gasteiger partial charge on any atom is 0.237 e. The van der Waals surface area contributed by atoms with Crippen LogP contribution in [-0.2, 0) is 9.53 Å². The Morgan fingerprint density at radius 3 is 2.44 bits per heavy atom. The summed E-state index contributed by atoms with van der Waals surface area (Å²) in [7, 11) is 0. The third-order valence-corrected chi connectivity index (χ3v) is 3.27. The van der Waals surface area contributed by atoms with Crippen LogP contribution in [0.15, 0.2) is 0 Å². The van der Waals surface area contributed by atoms with Crippen molar-refractivity contribution in [3.05, 3.63) is 0 Å². The van der Waals surface area contributed by atoms with E-state index < -0.39 is 6.04 Å². The molecule has 1 atom stereocenters. The quantitative estimate of drug-likeness (QED) is 0.755. The molecule has 0 saturated heterocycles. The smallest absolute Gasteiger partial charge is 0.237 e. The van der Waals surface area contributed by atoms with E-state index >= 15 is 0 Å². The first-order valence-electron chi connectivity index (χ1n) is 6.56. The third kappa shape index (κ3) is 6.03. The van der Waals surface area contributed by atoms with Gasteiger partial charge in [0.1, 0.15) is 0 Å². The highest BCUT2D eigenvalue weighted by molar-refractivity contribution is 5.85. The number of carbonyl (C=O) groups excluding carboxylic acids is 1. The van der Waals surface area contributed by atoms with Crippen LogP contribution in [0.3, 0.4) is 0 Å². The van der Waals surface area contributed by atoms with Gasteiger partial charge in [-0.3, -0.25) is 4.79 Å². The van der Waals surface area contributed by atoms with Gasteiger partial charge in [-0.05, 0) is 18.3 Å². The van der Waals surface area contributed by atoms with Crippen LogP contribution in [0.2, 0.25) is 0 Å². The fraction of sp³-hybridized carbons (Fsp3) is 0.923. The summed E-state index contributed by atoms with van der Waals surface area (Å²) in [6, 6.07) is -0.464. The normalized spacial score (nSPS) is 18.2. The van der Waals surface area contributed by atoms with E-state index in [2.05, 4.69) is 5.32 Å². The minimum absolute atomic E-state index is 0. The van der Waals surface area contributed by atoms with Crippen LogP contribution >= 0.6 is 12.4 Å². The summed E-state index contributed by atoms with van der Waals surface area (Å²) in [6.07, 6.45) is 5.27. The van der Waals surface area contributed by atoms with Crippen LogP contribution in [-0.4, -0.2) is 31.2 Å². The van der Waals surface area contributed by atoms with Gasteiger partial charge in [0.2, 0.25) is 5.91 Å². The molecule has 1 rings (SSSR count). The lowest BCUT2D eigenvalue weighted by Crippen LogP contribution is -2.49. The highest BCUT2D eigenvalue weighted by Crippen LogP contribution is 2.20. The van der Waals surface area contributed by atoms with Gasteiger partial charge in [0.05, 0.1) is 18.8 Å². The molecular formula is C13H27ClN2O2. The molecular weight excluding hydrogens is 252 g/mol. The Labute approximate surface area is 116 Å². The van der Waals surface area contributed by atoms with Crippen molar-refractivity contribution in [1.82, 2.24) is 5.32 Å². The average Bonchev–Trinajstić information content (AvgIpc) is 2.74. The van der Waals surface area contributed by atoms with Crippen molar-refractivity contribution >= 4 is 18.3 Å². The molecule has 108 valence electrons. The summed E-state index contributed by atoms with van der Waals surface area (Å²) in [4.78, 5) is 11.7. The van der Waals surface area contributed by atoms with E-state index in [1.807, 2.05) is 20.8 Å². The first-order valence-corrected chi connectivity index (χ1v) is 6.56. The molecule has 3 N–H and O–H groups in total. The Kier molecular flexibility index (Phi) is 7.83. The molecule has 0 unspecified atom stereocenters. The van der Waals surface area contributed by atoms with Crippen molar-refractivity contribution in [3.8, 4) is 0 Å². The second kappa shape index (κ2) is 7.97. The Morgan fingerprint density at radius 2 is 1.94 bits per heavy atom. The van der Waals surface area contributed by atoms with Gasteiger partial charge in [-0.15, -0.1) is 12.4 Å². The van der Waals surface area contributed by atoms with E-state index in [0.29, 0.717) is 19.3 Å². The van der Waals surface area contributed by atoms with Crippen LogP contribution in [0.1, 0.15) is 46.5 Å². The van der Waals surface area contributed by atoms with Gasteiger partial charge < -0.3 is 15.8 Å². The molecule has 0 aromatic carbocycles. The second-order valence-corrected chi connectivity index (χ2v) is 5.91. The minimum atomic E-state index is -0.464. The number of nitrogens with two attached hydrogens (primary N) is 1. The van der Waals surface area contributed by atoms with Crippen molar-refractivity contribution in [2.45, 2.75) is 58.6 Å². The van der Waals surface area contributed by atoms with Gasteiger partial charge >= 0.3 is 0 Å². The van der Waals surface area contributed by atoms with E-state index in [9.17, 15) is 4.79 Å². The van der Waals surface area contributed by atoms with Crippen LogP contribution in [0, 0.1) is 5.41 Å². The van der Waals surface area contributed by atoms with E-state index in [4.69, 9.17) is 10.5 Å². The first kappa shape index (κ1) is 17.7. The standard InChI is InChI=1S/C13H26N2O2.ClH/c1-13(2,3)11(14)12(16)15-8-9-17-10-6-4-5-7-10;/h10-11H,4-9,14H2,1-3H3,(H,15,16);1H/t11-;/m1./s1. The molecule has 1 saturated carbocycles. The van der Waals surface area contributed by atoms with Crippen LogP contribution in [0.4, 0.5) is 0 Å². The van der Waals surface area contributed by atoms with Gasteiger partial charge in [-0.2, -0.15) is 0 Å². The SMILES string of the molecule is CC(C)(C)[C@H](N)C(=O)NCCOC1CCCC1.Cl. The molecule has 18 heavy (non-hydrogen) atoms. The zero-order valence-electron chi connectivity index (χ0n) is 11.7. The Balaban J connectivity index is 0.00000289. The van der Waals surface area contributed by atoms with Crippen molar-refractivity contribution in [1.29, 1.82) is 0 Å². The number of amides is 1. The second-order valence-electron chi connectivity index (χ2n) is 5.91. The molecule has 1 amide bonds. The number of carbonyl (C=O) groups is 1. The molecule has 1 aliphatic rings. The van der Waals surface area contributed by atoms with Crippen molar-refractivity contribution < 1.29 is 9.53 Å². The fourth-order valence-corrected chi connectivity index (χ4v) is 1.96. The lowest BCUT2D eigenvalue weighted by Gasteiger charge is -2.25. The summed E-state index contributed by atoms with van der Waals surface area (Å²) < 4.78 is 5.66. The van der Waals surface area contributed by atoms with E-state index in [1.54, 1.807) is 0 Å². The minimum Gasteiger partial charge on any atom is -0.376 e. The van der Waals surface area contributed by atoms with Crippen molar-refractivity contribution in [3.63, 3.8) is 0 Å². The molecule has 0 heterocycles. The Morgan fingerprint density at radius 1 is 1.39 bits per heavy atom. The Bertz CT molecular complexity index is 248. The number of hydrogen-bond donors (Lipinski definition) is 2. The van der Waals surface area contributed by atoms with E-state index in [-0.39, 0.29) is 23.7 Å². The van der Waals surface area contributed by atoms with Gasteiger partial charge in [-0.25, -0.2) is 0 Å². The Hall–Kier alpha value is -0.320. The van der Waals surface area contributed by atoms with Crippen LogP contribution in [0.25, 0.3) is 0 Å². The molecule has 0 radical (unpaired) electrons. The summed E-state index contributed by atoms with van der Waals surface area (Å²) in [5.41, 5.74) is 5.65. The molecule has 1 aliphatic carbocycles.